The molecule has 0 saturated carbocycles. The van der Waals surface area contributed by atoms with Crippen molar-refractivity contribution in [2.75, 3.05) is 13.4 Å². The van der Waals surface area contributed by atoms with E-state index in [4.69, 9.17) is 14.2 Å². The van der Waals surface area contributed by atoms with Crippen LogP contribution in [0.3, 0.4) is 0 Å². The number of rotatable bonds is 1. The van der Waals surface area contributed by atoms with Gasteiger partial charge in [-0.1, -0.05) is 31.6 Å². The van der Waals surface area contributed by atoms with E-state index >= 15 is 0 Å². The molecule has 2 heterocycles. The summed E-state index contributed by atoms with van der Waals surface area (Å²) in [6.45, 7) is 8.11. The van der Waals surface area contributed by atoms with Crippen molar-refractivity contribution in [1.29, 1.82) is 0 Å². The minimum absolute atomic E-state index is 0.134. The van der Waals surface area contributed by atoms with Gasteiger partial charge in [-0.3, -0.25) is 0 Å². The van der Waals surface area contributed by atoms with Crippen molar-refractivity contribution in [2.45, 2.75) is 26.9 Å². The molecular weight excluding hydrogens is 264 g/mol. The van der Waals surface area contributed by atoms with Crippen LogP contribution < -0.4 is 9.47 Å². The molecule has 0 aromatic heterocycles. The van der Waals surface area contributed by atoms with Gasteiger partial charge >= 0.3 is 0 Å². The van der Waals surface area contributed by atoms with E-state index in [0.717, 1.165) is 18.1 Å². The van der Waals surface area contributed by atoms with Crippen LogP contribution in [-0.4, -0.2) is 13.4 Å². The lowest BCUT2D eigenvalue weighted by atomic mass is 9.64. The number of ether oxygens (including phenoxy) is 3. The van der Waals surface area contributed by atoms with Crippen molar-refractivity contribution in [3.8, 4) is 11.5 Å². The molecule has 0 unspecified atom stereocenters. The number of hydrogen-bond donors (Lipinski definition) is 0. The van der Waals surface area contributed by atoms with Crippen molar-refractivity contribution in [3.63, 3.8) is 0 Å². The SMILES string of the molecule is CC1=C[C@H](C)[C@H]2CO[C@H](c3ccc4c(c3)OCO4)[C@H]1[C@@H]2C. The summed E-state index contributed by atoms with van der Waals surface area (Å²) < 4.78 is 17.2. The van der Waals surface area contributed by atoms with Crippen molar-refractivity contribution in [2.24, 2.45) is 23.7 Å². The number of hydrogen-bond acceptors (Lipinski definition) is 3. The lowest BCUT2D eigenvalue weighted by Gasteiger charge is -2.47. The van der Waals surface area contributed by atoms with E-state index in [-0.39, 0.29) is 6.10 Å². The van der Waals surface area contributed by atoms with E-state index in [1.807, 2.05) is 6.07 Å². The van der Waals surface area contributed by atoms with E-state index in [0.29, 0.717) is 30.5 Å². The fourth-order valence-corrected chi connectivity index (χ4v) is 4.34. The zero-order valence-corrected chi connectivity index (χ0v) is 12.8. The Morgan fingerprint density at radius 2 is 1.90 bits per heavy atom. The van der Waals surface area contributed by atoms with Crippen LogP contribution in [0.2, 0.25) is 0 Å². The van der Waals surface area contributed by atoms with Crippen LogP contribution >= 0.6 is 0 Å². The first-order chi connectivity index (χ1) is 10.1. The Balaban J connectivity index is 1.71. The highest BCUT2D eigenvalue weighted by atomic mass is 16.7. The highest BCUT2D eigenvalue weighted by Crippen LogP contribution is 2.50. The molecule has 2 bridgehead atoms. The second kappa shape index (κ2) is 4.77. The predicted molar refractivity (Wildman–Crippen MR) is 80.3 cm³/mol. The van der Waals surface area contributed by atoms with Crippen molar-refractivity contribution < 1.29 is 14.2 Å². The van der Waals surface area contributed by atoms with Gasteiger partial charge in [0.2, 0.25) is 6.79 Å². The topological polar surface area (TPSA) is 27.7 Å². The molecule has 1 aromatic carbocycles. The fraction of sp³-hybridized carbons (Fsp3) is 0.556. The highest BCUT2D eigenvalue weighted by Gasteiger charge is 2.43. The van der Waals surface area contributed by atoms with Crippen molar-refractivity contribution in [1.82, 2.24) is 0 Å². The predicted octanol–water partition coefficient (Wildman–Crippen LogP) is 3.95. The third-order valence-electron chi connectivity index (χ3n) is 5.49. The molecule has 0 spiro atoms. The summed E-state index contributed by atoms with van der Waals surface area (Å²) in [7, 11) is 0. The largest absolute Gasteiger partial charge is 0.454 e. The van der Waals surface area contributed by atoms with E-state index in [1.165, 1.54) is 11.1 Å². The van der Waals surface area contributed by atoms with Gasteiger partial charge in [0.15, 0.2) is 11.5 Å². The molecule has 1 saturated heterocycles. The molecule has 0 radical (unpaired) electrons. The Labute approximate surface area is 125 Å². The number of benzene rings is 1. The van der Waals surface area contributed by atoms with Crippen LogP contribution in [0.4, 0.5) is 0 Å². The highest BCUT2D eigenvalue weighted by molar-refractivity contribution is 5.45. The van der Waals surface area contributed by atoms with Gasteiger partial charge in [-0.2, -0.15) is 0 Å². The summed E-state index contributed by atoms with van der Waals surface area (Å²) in [5, 5.41) is 0. The Hall–Kier alpha value is -1.48. The maximum atomic E-state index is 6.26. The van der Waals surface area contributed by atoms with Crippen molar-refractivity contribution in [3.05, 3.63) is 35.4 Å². The van der Waals surface area contributed by atoms with Gasteiger partial charge in [0.1, 0.15) is 0 Å². The van der Waals surface area contributed by atoms with Crippen molar-refractivity contribution >= 4 is 0 Å². The zero-order valence-electron chi connectivity index (χ0n) is 12.8. The average molecular weight is 286 g/mol. The van der Waals surface area contributed by atoms with Gasteiger partial charge in [-0.05, 0) is 42.4 Å². The Bertz CT molecular complexity index is 592. The molecule has 0 amide bonds. The Morgan fingerprint density at radius 3 is 2.76 bits per heavy atom. The molecular formula is C18H22O3. The summed E-state index contributed by atoms with van der Waals surface area (Å²) in [6.07, 6.45) is 2.58. The van der Waals surface area contributed by atoms with Gasteiger partial charge in [-0.15, -0.1) is 0 Å². The summed E-state index contributed by atoms with van der Waals surface area (Å²) in [4.78, 5) is 0. The molecule has 21 heavy (non-hydrogen) atoms. The van der Waals surface area contributed by atoms with Gasteiger partial charge in [0.25, 0.3) is 0 Å². The van der Waals surface area contributed by atoms with Crippen LogP contribution in [-0.2, 0) is 4.74 Å². The summed E-state index contributed by atoms with van der Waals surface area (Å²) in [5.41, 5.74) is 2.67. The number of fused-ring (bicyclic) bond motifs is 3. The molecule has 1 fully saturated rings. The standard InChI is InChI=1S/C18H22O3/c1-10-6-11(2)17-12(3)14(10)8-19-18(17)13-4-5-15-16(7-13)21-9-20-15/h4-7,10,12,14,17-18H,8-9H2,1-3H3/t10-,12+,14+,17+,18+/m0/s1. The third kappa shape index (κ3) is 1.98. The van der Waals surface area contributed by atoms with E-state index in [2.05, 4.69) is 39.0 Å². The van der Waals surface area contributed by atoms with E-state index < -0.39 is 0 Å². The van der Waals surface area contributed by atoms with E-state index in [9.17, 15) is 0 Å². The smallest absolute Gasteiger partial charge is 0.231 e. The first-order valence-electron chi connectivity index (χ1n) is 7.84. The Kier molecular flexibility index (Phi) is 3.00. The quantitative estimate of drug-likeness (QED) is 0.732. The molecule has 112 valence electrons. The third-order valence-corrected chi connectivity index (χ3v) is 5.49. The van der Waals surface area contributed by atoms with Gasteiger partial charge in [0.05, 0.1) is 12.7 Å². The molecule has 3 aliphatic rings. The Morgan fingerprint density at radius 1 is 1.10 bits per heavy atom. The second-order valence-corrected chi connectivity index (χ2v) is 6.69. The lowest BCUT2D eigenvalue weighted by Crippen LogP contribution is -2.42. The number of allylic oxidation sites excluding steroid dienone is 1. The molecule has 4 rings (SSSR count). The monoisotopic (exact) mass is 286 g/mol. The maximum absolute atomic E-state index is 6.26. The van der Waals surface area contributed by atoms with Crippen LogP contribution in [0.5, 0.6) is 11.5 Å². The summed E-state index contributed by atoms with van der Waals surface area (Å²) >= 11 is 0. The van der Waals surface area contributed by atoms with E-state index in [1.54, 1.807) is 0 Å². The zero-order chi connectivity index (χ0) is 14.6. The molecule has 2 aliphatic heterocycles. The minimum atomic E-state index is 0.134. The van der Waals surface area contributed by atoms with Gasteiger partial charge < -0.3 is 14.2 Å². The van der Waals surface area contributed by atoms with Crippen LogP contribution in [0.25, 0.3) is 0 Å². The first-order valence-corrected chi connectivity index (χ1v) is 7.84. The summed E-state index contributed by atoms with van der Waals surface area (Å²) in [6, 6.07) is 6.21. The second-order valence-electron chi connectivity index (χ2n) is 6.69. The molecule has 0 N–H and O–H groups in total. The molecule has 3 heteroatoms. The lowest BCUT2D eigenvalue weighted by molar-refractivity contribution is -0.0934. The van der Waals surface area contributed by atoms with Gasteiger partial charge in [-0.25, -0.2) is 0 Å². The van der Waals surface area contributed by atoms with Crippen LogP contribution in [0.15, 0.2) is 29.8 Å². The fourth-order valence-electron chi connectivity index (χ4n) is 4.34. The molecule has 5 atom stereocenters. The molecule has 3 nitrogen and oxygen atoms in total. The molecule has 1 aliphatic carbocycles. The molecule has 1 aromatic rings. The maximum Gasteiger partial charge on any atom is 0.231 e. The van der Waals surface area contributed by atoms with Gasteiger partial charge in [0, 0.05) is 5.92 Å². The first kappa shape index (κ1) is 13.2. The van der Waals surface area contributed by atoms with Crippen LogP contribution in [0.1, 0.15) is 32.4 Å². The average Bonchev–Trinajstić information content (AvgIpc) is 2.91. The summed E-state index contributed by atoms with van der Waals surface area (Å²) in [5.74, 6) is 4.08. The minimum Gasteiger partial charge on any atom is -0.454 e. The van der Waals surface area contributed by atoms with Crippen LogP contribution in [0, 0.1) is 23.7 Å². The normalized spacial score (nSPS) is 37.3.